The number of halogens is 2. The predicted octanol–water partition coefficient (Wildman–Crippen LogP) is 4.08. The van der Waals surface area contributed by atoms with E-state index in [1.165, 1.54) is 0 Å². The smallest absolute Gasteiger partial charge is 0.258 e. The number of rotatable bonds is 4. The van der Waals surface area contributed by atoms with E-state index in [0.29, 0.717) is 22.3 Å². The van der Waals surface area contributed by atoms with Crippen LogP contribution in [0.25, 0.3) is 11.5 Å². The van der Waals surface area contributed by atoms with Crippen molar-refractivity contribution in [2.24, 2.45) is 0 Å². The van der Waals surface area contributed by atoms with Crippen LogP contribution in [0.5, 0.6) is 0 Å². The molecule has 0 atom stereocenters. The minimum atomic E-state index is -0.202. The van der Waals surface area contributed by atoms with Crippen molar-refractivity contribution in [2.75, 3.05) is 0 Å². The summed E-state index contributed by atoms with van der Waals surface area (Å²) in [6.07, 6.45) is 0. The van der Waals surface area contributed by atoms with E-state index in [1.54, 1.807) is 42.5 Å². The molecule has 116 valence electrons. The van der Waals surface area contributed by atoms with E-state index in [9.17, 15) is 4.79 Å². The molecule has 0 saturated carbocycles. The molecule has 0 aliphatic carbocycles. The van der Waals surface area contributed by atoms with Crippen molar-refractivity contribution < 1.29 is 9.32 Å². The van der Waals surface area contributed by atoms with Gasteiger partial charge in [-0.15, -0.1) is 0 Å². The molecule has 1 aromatic heterocycles. The standard InChI is InChI=1S/C16H11BrClN3O2/c17-12-6-4-10(5-7-12)15(22)19-9-14-20-16(23-21-14)11-2-1-3-13(18)8-11/h1-8H,9H2,(H,19,22). The number of hydrogen-bond acceptors (Lipinski definition) is 4. The Labute approximate surface area is 145 Å². The number of aromatic nitrogens is 2. The summed E-state index contributed by atoms with van der Waals surface area (Å²) in [6.45, 7) is 0.180. The van der Waals surface area contributed by atoms with Gasteiger partial charge in [0.05, 0.1) is 6.54 Å². The molecule has 0 aliphatic heterocycles. The Bertz CT molecular complexity index is 833. The fraction of sp³-hybridized carbons (Fsp3) is 0.0625. The lowest BCUT2D eigenvalue weighted by Crippen LogP contribution is -2.23. The third-order valence-corrected chi connectivity index (χ3v) is 3.82. The van der Waals surface area contributed by atoms with Crippen LogP contribution in [-0.4, -0.2) is 16.0 Å². The molecule has 0 unspecified atom stereocenters. The molecule has 3 aromatic rings. The number of carbonyl (C=O) groups is 1. The Morgan fingerprint density at radius 2 is 2.00 bits per heavy atom. The van der Waals surface area contributed by atoms with Gasteiger partial charge >= 0.3 is 0 Å². The molecule has 23 heavy (non-hydrogen) atoms. The van der Waals surface area contributed by atoms with Gasteiger partial charge in [-0.2, -0.15) is 4.98 Å². The van der Waals surface area contributed by atoms with Crippen molar-refractivity contribution in [2.45, 2.75) is 6.54 Å². The largest absolute Gasteiger partial charge is 0.345 e. The van der Waals surface area contributed by atoms with Crippen molar-refractivity contribution in [1.29, 1.82) is 0 Å². The molecule has 7 heteroatoms. The molecular formula is C16H11BrClN3O2. The van der Waals surface area contributed by atoms with Crippen molar-refractivity contribution in [1.82, 2.24) is 15.5 Å². The zero-order chi connectivity index (χ0) is 16.2. The first kappa shape index (κ1) is 15.7. The molecule has 2 aromatic carbocycles. The normalized spacial score (nSPS) is 10.5. The number of carbonyl (C=O) groups excluding carboxylic acids is 1. The number of hydrogen-bond donors (Lipinski definition) is 1. The van der Waals surface area contributed by atoms with Crippen LogP contribution in [0.2, 0.25) is 5.02 Å². The Kier molecular flexibility index (Phi) is 4.73. The maximum Gasteiger partial charge on any atom is 0.258 e. The fourth-order valence-electron chi connectivity index (χ4n) is 1.93. The van der Waals surface area contributed by atoms with Crippen molar-refractivity contribution in [3.8, 4) is 11.5 Å². The van der Waals surface area contributed by atoms with Gasteiger partial charge in [0, 0.05) is 20.6 Å². The molecule has 1 amide bonds. The van der Waals surface area contributed by atoms with Crippen LogP contribution in [0.1, 0.15) is 16.2 Å². The molecule has 0 radical (unpaired) electrons. The lowest BCUT2D eigenvalue weighted by atomic mass is 10.2. The lowest BCUT2D eigenvalue weighted by Gasteiger charge is -2.02. The van der Waals surface area contributed by atoms with Crippen molar-refractivity contribution in [3.63, 3.8) is 0 Å². The van der Waals surface area contributed by atoms with Gasteiger partial charge in [-0.3, -0.25) is 4.79 Å². The SMILES string of the molecule is O=C(NCc1noc(-c2cccc(Cl)c2)n1)c1ccc(Br)cc1. The van der Waals surface area contributed by atoms with Crippen molar-refractivity contribution >= 4 is 33.4 Å². The molecule has 3 rings (SSSR count). The Morgan fingerprint density at radius 1 is 1.22 bits per heavy atom. The highest BCUT2D eigenvalue weighted by atomic mass is 79.9. The highest BCUT2D eigenvalue weighted by Gasteiger charge is 2.11. The van der Waals surface area contributed by atoms with Crippen LogP contribution in [0.15, 0.2) is 57.5 Å². The number of benzene rings is 2. The summed E-state index contributed by atoms with van der Waals surface area (Å²) in [4.78, 5) is 16.3. The Balaban J connectivity index is 1.65. The van der Waals surface area contributed by atoms with E-state index in [0.717, 1.165) is 10.0 Å². The first-order valence-corrected chi connectivity index (χ1v) is 7.91. The summed E-state index contributed by atoms with van der Waals surface area (Å²) >= 11 is 9.26. The molecule has 0 saturated heterocycles. The molecule has 0 bridgehead atoms. The van der Waals surface area contributed by atoms with E-state index in [2.05, 4.69) is 31.4 Å². The van der Waals surface area contributed by atoms with E-state index in [-0.39, 0.29) is 12.5 Å². The molecule has 0 fully saturated rings. The van der Waals surface area contributed by atoms with Gasteiger partial charge in [-0.25, -0.2) is 0 Å². The summed E-state index contributed by atoms with van der Waals surface area (Å²) in [7, 11) is 0. The van der Waals surface area contributed by atoms with Gasteiger partial charge in [0.1, 0.15) is 0 Å². The fourth-order valence-corrected chi connectivity index (χ4v) is 2.38. The Hall–Kier alpha value is -2.18. The predicted molar refractivity (Wildman–Crippen MR) is 90.1 cm³/mol. The summed E-state index contributed by atoms with van der Waals surface area (Å²) in [5, 5.41) is 7.18. The maximum atomic E-state index is 12.0. The van der Waals surface area contributed by atoms with Gasteiger partial charge in [0.25, 0.3) is 11.8 Å². The van der Waals surface area contributed by atoms with Gasteiger partial charge < -0.3 is 9.84 Å². The third kappa shape index (κ3) is 3.97. The summed E-state index contributed by atoms with van der Waals surface area (Å²) in [5.74, 6) is 0.553. The average molecular weight is 393 g/mol. The molecular weight excluding hydrogens is 382 g/mol. The summed E-state index contributed by atoms with van der Waals surface area (Å²) in [6, 6.07) is 14.2. The molecule has 0 aliphatic rings. The highest BCUT2D eigenvalue weighted by molar-refractivity contribution is 9.10. The highest BCUT2D eigenvalue weighted by Crippen LogP contribution is 2.20. The molecule has 1 N–H and O–H groups in total. The quantitative estimate of drug-likeness (QED) is 0.726. The van der Waals surface area contributed by atoms with Crippen LogP contribution in [-0.2, 0) is 6.54 Å². The number of nitrogens with one attached hydrogen (secondary N) is 1. The number of amides is 1. The zero-order valence-corrected chi connectivity index (χ0v) is 14.1. The second kappa shape index (κ2) is 6.93. The Morgan fingerprint density at radius 3 is 2.74 bits per heavy atom. The summed E-state index contributed by atoms with van der Waals surface area (Å²) in [5.41, 5.74) is 1.29. The van der Waals surface area contributed by atoms with Gasteiger partial charge in [-0.05, 0) is 42.5 Å². The maximum absolute atomic E-state index is 12.0. The van der Waals surface area contributed by atoms with E-state index >= 15 is 0 Å². The topological polar surface area (TPSA) is 68.0 Å². The molecule has 0 spiro atoms. The first-order chi connectivity index (χ1) is 11.1. The van der Waals surface area contributed by atoms with Gasteiger partial charge in [-0.1, -0.05) is 38.8 Å². The van der Waals surface area contributed by atoms with E-state index in [1.807, 2.05) is 6.07 Å². The third-order valence-electron chi connectivity index (χ3n) is 3.05. The molecule has 5 nitrogen and oxygen atoms in total. The first-order valence-electron chi connectivity index (χ1n) is 6.74. The minimum absolute atomic E-state index is 0.180. The monoisotopic (exact) mass is 391 g/mol. The van der Waals surface area contributed by atoms with E-state index in [4.69, 9.17) is 16.1 Å². The second-order valence-corrected chi connectivity index (χ2v) is 6.07. The zero-order valence-electron chi connectivity index (χ0n) is 11.8. The van der Waals surface area contributed by atoms with Crippen LogP contribution in [0.4, 0.5) is 0 Å². The van der Waals surface area contributed by atoms with Crippen molar-refractivity contribution in [3.05, 3.63) is 69.4 Å². The summed E-state index contributed by atoms with van der Waals surface area (Å²) < 4.78 is 6.10. The van der Waals surface area contributed by atoms with Gasteiger partial charge in [0.2, 0.25) is 0 Å². The van der Waals surface area contributed by atoms with Crippen LogP contribution in [0, 0.1) is 0 Å². The number of nitrogens with zero attached hydrogens (tertiary/aromatic N) is 2. The van der Waals surface area contributed by atoms with E-state index < -0.39 is 0 Å². The lowest BCUT2D eigenvalue weighted by molar-refractivity contribution is 0.0949. The minimum Gasteiger partial charge on any atom is -0.345 e. The molecule has 1 heterocycles. The second-order valence-electron chi connectivity index (χ2n) is 4.72. The van der Waals surface area contributed by atoms with Crippen LogP contribution < -0.4 is 5.32 Å². The average Bonchev–Trinajstić information content (AvgIpc) is 3.02. The van der Waals surface area contributed by atoms with Gasteiger partial charge in [0.15, 0.2) is 5.82 Å². The van der Waals surface area contributed by atoms with Crippen LogP contribution >= 0.6 is 27.5 Å². The van der Waals surface area contributed by atoms with Crippen LogP contribution in [0.3, 0.4) is 0 Å².